The predicted octanol–water partition coefficient (Wildman–Crippen LogP) is 2.22. The summed E-state index contributed by atoms with van der Waals surface area (Å²) in [4.78, 5) is 0. The van der Waals surface area contributed by atoms with Gasteiger partial charge in [-0.1, -0.05) is 6.42 Å². The van der Waals surface area contributed by atoms with Gasteiger partial charge in [0.1, 0.15) is 0 Å². The fourth-order valence-electron chi connectivity index (χ4n) is 2.92. The van der Waals surface area contributed by atoms with Crippen LogP contribution in [0.3, 0.4) is 0 Å². The first-order chi connectivity index (χ1) is 8.22. The number of hydrogen-bond acceptors (Lipinski definition) is 4. The summed E-state index contributed by atoms with van der Waals surface area (Å²) in [6, 6.07) is 0. The van der Waals surface area contributed by atoms with Crippen molar-refractivity contribution in [2.45, 2.75) is 54.6 Å². The Morgan fingerprint density at radius 3 is 2.53 bits per heavy atom. The average molecular weight is 260 g/mol. The van der Waals surface area contributed by atoms with E-state index in [0.717, 1.165) is 19.3 Å². The van der Waals surface area contributed by atoms with E-state index in [0.29, 0.717) is 30.3 Å². The molecule has 0 aromatic rings. The van der Waals surface area contributed by atoms with Crippen LogP contribution in [0.5, 0.6) is 0 Å². The topological polar surface area (TPSA) is 38.7 Å². The van der Waals surface area contributed by atoms with E-state index in [1.165, 1.54) is 19.3 Å². The van der Waals surface area contributed by atoms with Crippen molar-refractivity contribution in [1.82, 2.24) is 0 Å². The summed E-state index contributed by atoms with van der Waals surface area (Å²) in [5.74, 6) is 0. The molecule has 2 aliphatic heterocycles. The van der Waals surface area contributed by atoms with Gasteiger partial charge in [-0.15, -0.1) is 0 Å². The molecule has 0 aromatic carbocycles. The summed E-state index contributed by atoms with van der Waals surface area (Å²) in [7, 11) is 1.68. The van der Waals surface area contributed by atoms with E-state index in [1.807, 2.05) is 0 Å². The highest BCUT2D eigenvalue weighted by Gasteiger charge is 2.40. The Kier molecular flexibility index (Phi) is 5.15. The lowest BCUT2D eigenvalue weighted by Crippen LogP contribution is -2.43. The zero-order valence-corrected chi connectivity index (χ0v) is 11.5. The van der Waals surface area contributed by atoms with Gasteiger partial charge < -0.3 is 14.6 Å². The van der Waals surface area contributed by atoms with Crippen molar-refractivity contribution in [1.29, 1.82) is 0 Å². The van der Waals surface area contributed by atoms with E-state index >= 15 is 0 Å². The average Bonchev–Trinajstić information content (AvgIpc) is 2.28. The third kappa shape index (κ3) is 4.12. The SMILES string of the molecule is COCCOCCC1(O)CC2CCCC(C1)S2. The van der Waals surface area contributed by atoms with Crippen LogP contribution in [0.1, 0.15) is 38.5 Å². The summed E-state index contributed by atoms with van der Waals surface area (Å²) in [6.07, 6.45) is 6.62. The summed E-state index contributed by atoms with van der Waals surface area (Å²) in [6.45, 7) is 1.93. The van der Waals surface area contributed by atoms with Gasteiger partial charge in [0.2, 0.25) is 0 Å². The Hall–Kier alpha value is 0.230. The molecular weight excluding hydrogens is 236 g/mol. The maximum absolute atomic E-state index is 10.6. The maximum Gasteiger partial charge on any atom is 0.0700 e. The fraction of sp³-hybridized carbons (Fsp3) is 1.00. The van der Waals surface area contributed by atoms with E-state index in [2.05, 4.69) is 11.8 Å². The van der Waals surface area contributed by atoms with Gasteiger partial charge in [-0.3, -0.25) is 0 Å². The molecule has 0 aliphatic carbocycles. The Labute approximate surface area is 108 Å². The maximum atomic E-state index is 10.6. The van der Waals surface area contributed by atoms with Gasteiger partial charge in [0.25, 0.3) is 0 Å². The van der Waals surface area contributed by atoms with Crippen molar-refractivity contribution in [2.75, 3.05) is 26.9 Å². The van der Waals surface area contributed by atoms with Gasteiger partial charge in [0, 0.05) is 24.2 Å². The van der Waals surface area contributed by atoms with Gasteiger partial charge in [0.15, 0.2) is 0 Å². The van der Waals surface area contributed by atoms with Crippen LogP contribution in [0.4, 0.5) is 0 Å². The molecule has 3 nitrogen and oxygen atoms in total. The third-order valence-electron chi connectivity index (χ3n) is 3.80. The third-order valence-corrected chi connectivity index (χ3v) is 5.37. The van der Waals surface area contributed by atoms with Crippen molar-refractivity contribution in [2.24, 2.45) is 0 Å². The molecule has 2 bridgehead atoms. The van der Waals surface area contributed by atoms with Crippen molar-refractivity contribution < 1.29 is 14.6 Å². The van der Waals surface area contributed by atoms with Crippen LogP contribution in [-0.2, 0) is 9.47 Å². The van der Waals surface area contributed by atoms with Crippen LogP contribution in [0, 0.1) is 0 Å². The molecule has 17 heavy (non-hydrogen) atoms. The lowest BCUT2D eigenvalue weighted by Gasteiger charge is -2.43. The second-order valence-corrected chi connectivity index (χ2v) is 6.90. The van der Waals surface area contributed by atoms with Gasteiger partial charge in [-0.05, 0) is 32.1 Å². The number of rotatable bonds is 6. The van der Waals surface area contributed by atoms with Crippen molar-refractivity contribution >= 4 is 11.8 Å². The summed E-state index contributed by atoms with van der Waals surface area (Å²) in [5, 5.41) is 12.0. The van der Waals surface area contributed by atoms with Crippen LogP contribution in [-0.4, -0.2) is 48.1 Å². The van der Waals surface area contributed by atoms with Crippen molar-refractivity contribution in [3.63, 3.8) is 0 Å². The molecule has 2 fully saturated rings. The smallest absolute Gasteiger partial charge is 0.0700 e. The quantitative estimate of drug-likeness (QED) is 0.743. The highest BCUT2D eigenvalue weighted by molar-refractivity contribution is 8.00. The Morgan fingerprint density at radius 1 is 1.18 bits per heavy atom. The van der Waals surface area contributed by atoms with E-state index in [1.54, 1.807) is 7.11 Å². The molecule has 0 saturated carbocycles. The minimum absolute atomic E-state index is 0.464. The number of fused-ring (bicyclic) bond motifs is 2. The molecule has 2 aliphatic rings. The first kappa shape index (κ1) is 13.7. The molecule has 2 atom stereocenters. The Bertz CT molecular complexity index is 223. The zero-order valence-electron chi connectivity index (χ0n) is 10.7. The minimum atomic E-state index is -0.464. The molecule has 0 aromatic heterocycles. The standard InChI is InChI=1S/C13H24O3S/c1-15-7-8-16-6-5-13(14)9-11-3-2-4-12(10-13)17-11/h11-12,14H,2-10H2,1H3. The van der Waals surface area contributed by atoms with Crippen LogP contribution in [0.15, 0.2) is 0 Å². The molecule has 2 unspecified atom stereocenters. The number of ether oxygens (including phenoxy) is 2. The second-order valence-electron chi connectivity index (χ2n) is 5.30. The number of thioether (sulfide) groups is 1. The summed E-state index contributed by atoms with van der Waals surface area (Å²) < 4.78 is 10.4. The predicted molar refractivity (Wildman–Crippen MR) is 70.5 cm³/mol. The monoisotopic (exact) mass is 260 g/mol. The molecule has 2 heterocycles. The number of methoxy groups -OCH3 is 1. The summed E-state index contributed by atoms with van der Waals surface area (Å²) >= 11 is 2.10. The number of hydrogen-bond donors (Lipinski definition) is 1. The first-order valence-corrected chi connectivity index (χ1v) is 7.61. The second kappa shape index (κ2) is 6.41. The van der Waals surface area contributed by atoms with E-state index in [-0.39, 0.29) is 0 Å². The molecule has 0 radical (unpaired) electrons. The van der Waals surface area contributed by atoms with Crippen molar-refractivity contribution in [3.05, 3.63) is 0 Å². The van der Waals surface area contributed by atoms with Gasteiger partial charge in [-0.2, -0.15) is 11.8 Å². The van der Waals surface area contributed by atoms with E-state index in [9.17, 15) is 5.11 Å². The van der Waals surface area contributed by atoms with E-state index in [4.69, 9.17) is 9.47 Å². The molecular formula is C13H24O3S. The summed E-state index contributed by atoms with van der Waals surface area (Å²) in [5.41, 5.74) is -0.464. The minimum Gasteiger partial charge on any atom is -0.390 e. The molecule has 2 rings (SSSR count). The van der Waals surface area contributed by atoms with Crippen LogP contribution < -0.4 is 0 Å². The molecule has 1 N–H and O–H groups in total. The Morgan fingerprint density at radius 2 is 1.88 bits per heavy atom. The Balaban J connectivity index is 1.71. The van der Waals surface area contributed by atoms with Crippen LogP contribution in [0.2, 0.25) is 0 Å². The normalized spacial score (nSPS) is 37.1. The van der Waals surface area contributed by atoms with Gasteiger partial charge in [-0.25, -0.2) is 0 Å². The van der Waals surface area contributed by atoms with E-state index < -0.39 is 5.60 Å². The highest BCUT2D eigenvalue weighted by Crippen LogP contribution is 2.46. The first-order valence-electron chi connectivity index (χ1n) is 6.66. The highest BCUT2D eigenvalue weighted by atomic mass is 32.2. The molecule has 100 valence electrons. The van der Waals surface area contributed by atoms with Gasteiger partial charge in [0.05, 0.1) is 18.8 Å². The fourth-order valence-corrected chi connectivity index (χ4v) is 4.89. The lowest BCUT2D eigenvalue weighted by atomic mass is 9.83. The largest absolute Gasteiger partial charge is 0.390 e. The van der Waals surface area contributed by atoms with Crippen molar-refractivity contribution in [3.8, 4) is 0 Å². The van der Waals surface area contributed by atoms with Crippen LogP contribution in [0.25, 0.3) is 0 Å². The molecule has 2 saturated heterocycles. The molecule has 0 amide bonds. The lowest BCUT2D eigenvalue weighted by molar-refractivity contribution is -0.0260. The number of aliphatic hydroxyl groups is 1. The molecule has 0 spiro atoms. The van der Waals surface area contributed by atoms with Gasteiger partial charge >= 0.3 is 0 Å². The zero-order chi connectivity index (χ0) is 12.1. The molecule has 4 heteroatoms. The van der Waals surface area contributed by atoms with Crippen LogP contribution >= 0.6 is 11.8 Å².